The second-order valence-electron chi connectivity index (χ2n) is 3.85. The van der Waals surface area contributed by atoms with Crippen LogP contribution in [-0.2, 0) is 4.79 Å². The zero-order chi connectivity index (χ0) is 11.7. The number of hydrogen-bond donors (Lipinski definition) is 0. The fourth-order valence-electron chi connectivity index (χ4n) is 1.77. The van der Waals surface area contributed by atoms with Crippen LogP contribution in [0.4, 0.5) is 4.39 Å². The molecule has 84 valence electrons. The van der Waals surface area contributed by atoms with Gasteiger partial charge in [-0.15, -0.1) is 0 Å². The van der Waals surface area contributed by atoms with Gasteiger partial charge in [-0.25, -0.2) is 4.39 Å². The van der Waals surface area contributed by atoms with Crippen molar-refractivity contribution in [3.63, 3.8) is 0 Å². The summed E-state index contributed by atoms with van der Waals surface area (Å²) in [5.41, 5.74) is 1.04. The zero-order valence-electron chi connectivity index (χ0n) is 8.29. The Morgan fingerprint density at radius 1 is 1.38 bits per heavy atom. The third kappa shape index (κ3) is 2.45. The molecule has 4 heteroatoms. The number of benzene rings is 1. The lowest BCUT2D eigenvalue weighted by molar-refractivity contribution is -0.106. The van der Waals surface area contributed by atoms with Gasteiger partial charge in [0.2, 0.25) is 0 Å². The van der Waals surface area contributed by atoms with Gasteiger partial charge in [-0.1, -0.05) is 29.3 Å². The Morgan fingerprint density at radius 3 is 2.75 bits per heavy atom. The standard InChI is InChI=1S/C12H9Cl2FO/c13-11-2-1-7(5-12(11)14)10-4-8(10)3-9(15)6-16/h1-3,5-6,8,10H,4H2/b9-3-. The maximum absolute atomic E-state index is 12.7. The van der Waals surface area contributed by atoms with E-state index in [1.165, 1.54) is 6.08 Å². The van der Waals surface area contributed by atoms with Crippen LogP contribution >= 0.6 is 23.2 Å². The van der Waals surface area contributed by atoms with Crippen molar-refractivity contribution in [3.05, 3.63) is 45.7 Å². The molecule has 0 radical (unpaired) electrons. The van der Waals surface area contributed by atoms with E-state index in [4.69, 9.17) is 23.2 Å². The van der Waals surface area contributed by atoms with Crippen molar-refractivity contribution in [2.45, 2.75) is 12.3 Å². The van der Waals surface area contributed by atoms with E-state index < -0.39 is 5.83 Å². The van der Waals surface area contributed by atoms with Crippen LogP contribution in [0.25, 0.3) is 0 Å². The van der Waals surface area contributed by atoms with Gasteiger partial charge in [0, 0.05) is 0 Å². The predicted molar refractivity (Wildman–Crippen MR) is 62.6 cm³/mol. The van der Waals surface area contributed by atoms with E-state index >= 15 is 0 Å². The van der Waals surface area contributed by atoms with Gasteiger partial charge in [-0.3, -0.25) is 4.79 Å². The molecule has 1 aromatic carbocycles. The molecule has 2 rings (SSSR count). The van der Waals surface area contributed by atoms with E-state index in [0.29, 0.717) is 10.0 Å². The minimum Gasteiger partial charge on any atom is -0.295 e. The molecule has 16 heavy (non-hydrogen) atoms. The Hall–Kier alpha value is -0.860. The molecular formula is C12H9Cl2FO. The van der Waals surface area contributed by atoms with Crippen LogP contribution < -0.4 is 0 Å². The first-order valence-corrected chi connectivity index (χ1v) is 5.65. The molecule has 1 aromatic rings. The van der Waals surface area contributed by atoms with Crippen LogP contribution in [0.1, 0.15) is 17.9 Å². The van der Waals surface area contributed by atoms with E-state index in [1.807, 2.05) is 6.07 Å². The summed E-state index contributed by atoms with van der Waals surface area (Å²) in [6.07, 6.45) is 2.43. The minimum absolute atomic E-state index is 0.0995. The Balaban J connectivity index is 2.11. The summed E-state index contributed by atoms with van der Waals surface area (Å²) in [7, 11) is 0. The SMILES string of the molecule is O=C/C(F)=C/C1CC1c1ccc(Cl)c(Cl)c1. The minimum atomic E-state index is -0.701. The number of rotatable bonds is 3. The van der Waals surface area contributed by atoms with Gasteiger partial charge in [-0.05, 0) is 42.0 Å². The number of carbonyl (C=O) groups excluding carboxylic acids is 1. The first-order chi connectivity index (χ1) is 7.61. The summed E-state index contributed by atoms with van der Waals surface area (Å²) in [5.74, 6) is -0.351. The topological polar surface area (TPSA) is 17.1 Å². The number of hydrogen-bond acceptors (Lipinski definition) is 1. The summed E-state index contributed by atoms with van der Waals surface area (Å²) in [4.78, 5) is 10.1. The van der Waals surface area contributed by atoms with E-state index in [1.54, 1.807) is 12.1 Å². The fraction of sp³-hybridized carbons (Fsp3) is 0.250. The van der Waals surface area contributed by atoms with E-state index in [-0.39, 0.29) is 18.1 Å². The molecule has 2 atom stereocenters. The molecule has 0 aromatic heterocycles. The Morgan fingerprint density at radius 2 is 2.12 bits per heavy atom. The third-order valence-electron chi connectivity index (χ3n) is 2.70. The average Bonchev–Trinajstić information content (AvgIpc) is 3.01. The van der Waals surface area contributed by atoms with Gasteiger partial charge in [0.15, 0.2) is 12.1 Å². The first kappa shape index (κ1) is 11.6. The molecule has 0 aliphatic heterocycles. The van der Waals surface area contributed by atoms with Gasteiger partial charge >= 0.3 is 0 Å². The second-order valence-corrected chi connectivity index (χ2v) is 4.66. The van der Waals surface area contributed by atoms with Crippen LogP contribution in [0, 0.1) is 5.92 Å². The lowest BCUT2D eigenvalue weighted by Gasteiger charge is -2.00. The van der Waals surface area contributed by atoms with Crippen molar-refractivity contribution in [2.75, 3.05) is 0 Å². The summed E-state index contributed by atoms with van der Waals surface area (Å²) >= 11 is 11.7. The number of halogens is 3. The molecule has 1 aliphatic carbocycles. The van der Waals surface area contributed by atoms with Crippen molar-refractivity contribution in [1.29, 1.82) is 0 Å². The highest BCUT2D eigenvalue weighted by atomic mass is 35.5. The summed E-state index contributed by atoms with van der Waals surface area (Å²) in [6, 6.07) is 5.40. The molecule has 0 amide bonds. The highest BCUT2D eigenvalue weighted by molar-refractivity contribution is 6.42. The molecule has 0 bridgehead atoms. The average molecular weight is 259 g/mol. The van der Waals surface area contributed by atoms with Gasteiger partial charge in [0.1, 0.15) is 0 Å². The van der Waals surface area contributed by atoms with Crippen LogP contribution in [0.15, 0.2) is 30.1 Å². The summed E-state index contributed by atoms with van der Waals surface area (Å²) in [5, 5.41) is 1.02. The molecule has 2 unspecified atom stereocenters. The Bertz CT molecular complexity index is 456. The van der Waals surface area contributed by atoms with Crippen LogP contribution in [0.3, 0.4) is 0 Å². The number of aldehydes is 1. The zero-order valence-corrected chi connectivity index (χ0v) is 9.80. The molecule has 1 saturated carbocycles. The number of carbonyl (C=O) groups is 1. The summed E-state index contributed by atoms with van der Waals surface area (Å²) in [6.45, 7) is 0. The number of allylic oxidation sites excluding steroid dienone is 2. The molecule has 0 saturated heterocycles. The monoisotopic (exact) mass is 258 g/mol. The van der Waals surface area contributed by atoms with Crippen molar-refractivity contribution in [1.82, 2.24) is 0 Å². The van der Waals surface area contributed by atoms with E-state index in [0.717, 1.165) is 12.0 Å². The van der Waals surface area contributed by atoms with Crippen LogP contribution in [0.2, 0.25) is 10.0 Å². The van der Waals surface area contributed by atoms with Crippen LogP contribution in [-0.4, -0.2) is 6.29 Å². The quantitative estimate of drug-likeness (QED) is 0.588. The molecule has 0 heterocycles. The summed E-state index contributed by atoms with van der Waals surface area (Å²) < 4.78 is 12.7. The maximum Gasteiger partial charge on any atom is 0.178 e. The first-order valence-electron chi connectivity index (χ1n) is 4.89. The van der Waals surface area contributed by atoms with Gasteiger partial charge in [0.05, 0.1) is 10.0 Å². The van der Waals surface area contributed by atoms with Crippen molar-refractivity contribution < 1.29 is 9.18 Å². The Labute approximate surface area is 103 Å². The van der Waals surface area contributed by atoms with Crippen molar-refractivity contribution in [3.8, 4) is 0 Å². The van der Waals surface area contributed by atoms with Crippen LogP contribution in [0.5, 0.6) is 0 Å². The van der Waals surface area contributed by atoms with Gasteiger partial charge in [-0.2, -0.15) is 0 Å². The van der Waals surface area contributed by atoms with Gasteiger partial charge < -0.3 is 0 Å². The Kier molecular flexibility index (Phi) is 3.31. The van der Waals surface area contributed by atoms with Gasteiger partial charge in [0.25, 0.3) is 0 Å². The maximum atomic E-state index is 12.7. The highest BCUT2D eigenvalue weighted by Crippen LogP contribution is 2.49. The lowest BCUT2D eigenvalue weighted by atomic mass is 10.1. The predicted octanol–water partition coefficient (Wildman–Crippen LogP) is 4.15. The van der Waals surface area contributed by atoms with E-state index in [9.17, 15) is 9.18 Å². The molecule has 0 N–H and O–H groups in total. The molecule has 0 spiro atoms. The lowest BCUT2D eigenvalue weighted by Crippen LogP contribution is -1.83. The van der Waals surface area contributed by atoms with E-state index in [2.05, 4.69) is 0 Å². The van der Waals surface area contributed by atoms with Crippen molar-refractivity contribution >= 4 is 29.5 Å². The molecule has 1 nitrogen and oxygen atoms in total. The second kappa shape index (κ2) is 4.56. The highest BCUT2D eigenvalue weighted by Gasteiger charge is 2.37. The fourth-order valence-corrected chi connectivity index (χ4v) is 2.08. The smallest absolute Gasteiger partial charge is 0.178 e. The van der Waals surface area contributed by atoms with Crippen molar-refractivity contribution in [2.24, 2.45) is 5.92 Å². The normalized spacial score (nSPS) is 24.3. The molecule has 1 aliphatic rings. The third-order valence-corrected chi connectivity index (χ3v) is 3.44. The molecule has 1 fully saturated rings. The molecular weight excluding hydrogens is 250 g/mol. The largest absolute Gasteiger partial charge is 0.295 e.